The molecule has 31 heavy (non-hydrogen) atoms. The van der Waals surface area contributed by atoms with Gasteiger partial charge in [-0.2, -0.15) is 0 Å². The molecule has 1 N–H and O–H groups in total. The summed E-state index contributed by atoms with van der Waals surface area (Å²) in [7, 11) is 0. The summed E-state index contributed by atoms with van der Waals surface area (Å²) >= 11 is 0. The van der Waals surface area contributed by atoms with Gasteiger partial charge in [-0.05, 0) is 105 Å². The van der Waals surface area contributed by atoms with Crippen LogP contribution in [-0.4, -0.2) is 43.2 Å². The van der Waals surface area contributed by atoms with Crippen LogP contribution in [-0.2, 0) is 5.54 Å². The topological polar surface area (TPSA) is 79.7 Å². The fourth-order valence-electron chi connectivity index (χ4n) is 4.60. The largest absolute Gasteiger partial charge is 0.322 e. The lowest BCUT2D eigenvalue weighted by molar-refractivity contribution is 0.135. The molecule has 2 atom stereocenters. The molecule has 7 heteroatoms. The summed E-state index contributed by atoms with van der Waals surface area (Å²) in [6.07, 6.45) is 3.21. The molecule has 0 aliphatic carbocycles. The van der Waals surface area contributed by atoms with Crippen molar-refractivity contribution in [3.05, 3.63) is 51.1 Å². The van der Waals surface area contributed by atoms with Crippen molar-refractivity contribution in [1.82, 2.24) is 30.1 Å². The van der Waals surface area contributed by atoms with Gasteiger partial charge < -0.3 is 4.98 Å². The van der Waals surface area contributed by atoms with Gasteiger partial charge in [0, 0.05) is 17.6 Å². The second-order valence-corrected chi connectivity index (χ2v) is 9.84. The number of likely N-dealkylation sites (tertiary alicyclic amines) is 1. The van der Waals surface area contributed by atoms with Gasteiger partial charge in [0.05, 0.1) is 5.54 Å². The van der Waals surface area contributed by atoms with Crippen molar-refractivity contribution in [2.45, 2.75) is 72.4 Å². The SMILES string of the molecule is CCC(C)(C)n1nnnc1[C@@H](c1cc2cc(C)c(C)cc2[nH]c1=O)N1CCC[C@H](C)C1. The van der Waals surface area contributed by atoms with Crippen molar-refractivity contribution in [3.8, 4) is 0 Å². The maximum absolute atomic E-state index is 13.4. The molecule has 0 unspecified atom stereocenters. The summed E-state index contributed by atoms with van der Waals surface area (Å²) in [5.41, 5.74) is 3.67. The average molecular weight is 423 g/mol. The predicted molar refractivity (Wildman–Crippen MR) is 123 cm³/mol. The number of rotatable bonds is 5. The van der Waals surface area contributed by atoms with Gasteiger partial charge in [0.2, 0.25) is 0 Å². The molecule has 0 amide bonds. The Morgan fingerprint density at radius 2 is 1.97 bits per heavy atom. The Bertz CT molecular complexity index is 1140. The maximum atomic E-state index is 13.4. The zero-order valence-corrected chi connectivity index (χ0v) is 19.6. The second kappa shape index (κ2) is 8.19. The molecule has 1 saturated heterocycles. The van der Waals surface area contributed by atoms with Gasteiger partial charge in [-0.25, -0.2) is 4.68 Å². The molecule has 3 aromatic rings. The van der Waals surface area contributed by atoms with E-state index in [1.165, 1.54) is 17.5 Å². The van der Waals surface area contributed by atoms with Crippen molar-refractivity contribution in [2.75, 3.05) is 13.1 Å². The van der Waals surface area contributed by atoms with E-state index >= 15 is 0 Å². The summed E-state index contributed by atoms with van der Waals surface area (Å²) < 4.78 is 1.92. The number of pyridine rings is 1. The quantitative estimate of drug-likeness (QED) is 0.670. The first-order valence-electron chi connectivity index (χ1n) is 11.4. The maximum Gasteiger partial charge on any atom is 0.253 e. The highest BCUT2D eigenvalue weighted by molar-refractivity contribution is 5.81. The van der Waals surface area contributed by atoms with Gasteiger partial charge >= 0.3 is 0 Å². The standard InChI is InChI=1S/C24H34N6O/c1-7-24(5,6)30-22(26-27-28-30)21(29-10-8-9-15(2)14-29)19-13-18-11-16(3)17(4)12-20(18)25-23(19)31/h11-13,15,21H,7-10,14H2,1-6H3,(H,25,31)/t15-,21+/m0/s1. The first-order chi connectivity index (χ1) is 14.7. The first-order valence-corrected chi connectivity index (χ1v) is 11.4. The molecular formula is C24H34N6O. The zero-order valence-electron chi connectivity index (χ0n) is 19.6. The van der Waals surface area contributed by atoms with Crippen LogP contribution in [0.25, 0.3) is 10.9 Å². The van der Waals surface area contributed by atoms with E-state index in [9.17, 15) is 4.79 Å². The normalized spacial score (nSPS) is 19.1. The number of hydrogen-bond donors (Lipinski definition) is 1. The van der Waals surface area contributed by atoms with Crippen LogP contribution in [0, 0.1) is 19.8 Å². The van der Waals surface area contributed by atoms with E-state index < -0.39 is 0 Å². The third-order valence-electron chi connectivity index (χ3n) is 7.01. The molecule has 2 aromatic heterocycles. The van der Waals surface area contributed by atoms with Gasteiger partial charge in [0.25, 0.3) is 5.56 Å². The van der Waals surface area contributed by atoms with Crippen LogP contribution in [0.1, 0.15) is 75.5 Å². The monoisotopic (exact) mass is 422 g/mol. The van der Waals surface area contributed by atoms with Gasteiger partial charge in [-0.1, -0.05) is 13.8 Å². The van der Waals surface area contributed by atoms with Crippen LogP contribution in [0.5, 0.6) is 0 Å². The molecule has 0 spiro atoms. The Kier molecular flexibility index (Phi) is 5.73. The van der Waals surface area contributed by atoms with Crippen molar-refractivity contribution in [3.63, 3.8) is 0 Å². The van der Waals surface area contributed by atoms with Crippen LogP contribution in [0.4, 0.5) is 0 Å². The lowest BCUT2D eigenvalue weighted by atomic mass is 9.94. The molecule has 0 radical (unpaired) electrons. The molecular weight excluding hydrogens is 388 g/mol. The molecule has 1 aliphatic heterocycles. The molecule has 166 valence electrons. The summed E-state index contributed by atoms with van der Waals surface area (Å²) in [6.45, 7) is 14.7. The molecule has 1 aromatic carbocycles. The van der Waals surface area contributed by atoms with Crippen molar-refractivity contribution in [2.24, 2.45) is 5.92 Å². The highest BCUT2D eigenvalue weighted by Gasteiger charge is 2.35. The van der Waals surface area contributed by atoms with Crippen molar-refractivity contribution in [1.29, 1.82) is 0 Å². The van der Waals surface area contributed by atoms with E-state index in [-0.39, 0.29) is 17.1 Å². The predicted octanol–water partition coefficient (Wildman–Crippen LogP) is 4.10. The Morgan fingerprint density at radius 3 is 2.68 bits per heavy atom. The Labute approximate surface area is 183 Å². The minimum Gasteiger partial charge on any atom is -0.322 e. The molecule has 7 nitrogen and oxygen atoms in total. The Hall–Kier alpha value is -2.54. The van der Waals surface area contributed by atoms with E-state index in [4.69, 9.17) is 0 Å². The van der Waals surface area contributed by atoms with Crippen molar-refractivity contribution < 1.29 is 0 Å². The number of nitrogens with zero attached hydrogens (tertiary/aromatic N) is 5. The van der Waals surface area contributed by atoms with Gasteiger partial charge in [-0.15, -0.1) is 5.10 Å². The van der Waals surface area contributed by atoms with Gasteiger partial charge in [0.15, 0.2) is 5.82 Å². The van der Waals surface area contributed by atoms with E-state index in [1.54, 1.807) is 0 Å². The fraction of sp³-hybridized carbons (Fsp3) is 0.583. The molecule has 3 heterocycles. The Morgan fingerprint density at radius 1 is 1.23 bits per heavy atom. The summed E-state index contributed by atoms with van der Waals surface area (Å²) in [6, 6.07) is 5.97. The number of tetrazole rings is 1. The number of aromatic amines is 1. The fourth-order valence-corrected chi connectivity index (χ4v) is 4.60. The second-order valence-electron chi connectivity index (χ2n) is 9.84. The summed E-state index contributed by atoms with van der Waals surface area (Å²) in [4.78, 5) is 18.9. The third-order valence-corrected chi connectivity index (χ3v) is 7.01. The molecule has 0 bridgehead atoms. The van der Waals surface area contributed by atoms with Gasteiger partial charge in [0.1, 0.15) is 6.04 Å². The number of benzene rings is 1. The van der Waals surface area contributed by atoms with Crippen LogP contribution in [0.15, 0.2) is 23.0 Å². The number of fused-ring (bicyclic) bond motifs is 1. The zero-order chi connectivity index (χ0) is 22.3. The summed E-state index contributed by atoms with van der Waals surface area (Å²) in [5, 5.41) is 13.9. The number of H-pyrrole nitrogens is 1. The highest BCUT2D eigenvalue weighted by Crippen LogP contribution is 2.33. The van der Waals surface area contributed by atoms with Crippen LogP contribution < -0.4 is 5.56 Å². The van der Waals surface area contributed by atoms with Crippen LogP contribution in [0.2, 0.25) is 0 Å². The lowest BCUT2D eigenvalue weighted by Crippen LogP contribution is -2.42. The van der Waals surface area contributed by atoms with Crippen molar-refractivity contribution >= 4 is 10.9 Å². The smallest absolute Gasteiger partial charge is 0.253 e. The number of aromatic nitrogens is 5. The number of piperidine rings is 1. The van der Waals surface area contributed by atoms with E-state index in [0.717, 1.165) is 42.7 Å². The molecule has 0 saturated carbocycles. The number of hydrogen-bond acceptors (Lipinski definition) is 5. The minimum absolute atomic E-state index is 0.0668. The number of nitrogens with one attached hydrogen (secondary N) is 1. The molecule has 4 rings (SSSR count). The van der Waals surface area contributed by atoms with E-state index in [0.29, 0.717) is 11.5 Å². The third kappa shape index (κ3) is 4.03. The lowest BCUT2D eigenvalue weighted by Gasteiger charge is -2.37. The minimum atomic E-state index is -0.279. The Balaban J connectivity index is 1.92. The summed E-state index contributed by atoms with van der Waals surface area (Å²) in [5.74, 6) is 1.32. The first kappa shape index (κ1) is 21.7. The van der Waals surface area contributed by atoms with E-state index in [1.807, 2.05) is 10.7 Å². The average Bonchev–Trinajstić information content (AvgIpc) is 3.21. The number of aryl methyl sites for hydroxylation is 2. The van der Waals surface area contributed by atoms with Crippen LogP contribution in [0.3, 0.4) is 0 Å². The molecule has 1 aliphatic rings. The molecule has 1 fully saturated rings. The highest BCUT2D eigenvalue weighted by atomic mass is 16.1. The van der Waals surface area contributed by atoms with Gasteiger partial charge in [-0.3, -0.25) is 9.69 Å². The van der Waals surface area contributed by atoms with Crippen LogP contribution >= 0.6 is 0 Å². The van der Waals surface area contributed by atoms with E-state index in [2.05, 4.69) is 79.1 Å².